The molecule has 9 nitrogen and oxygen atoms in total. The van der Waals surface area contributed by atoms with Crippen molar-refractivity contribution >= 4 is 23.4 Å². The molecule has 0 aromatic heterocycles. The number of hydrogen-bond donors (Lipinski definition) is 1. The molecule has 1 aromatic carbocycles. The summed E-state index contributed by atoms with van der Waals surface area (Å²) in [5, 5.41) is 14.7. The summed E-state index contributed by atoms with van der Waals surface area (Å²) in [6, 6.07) is 4.58. The van der Waals surface area contributed by atoms with Gasteiger partial charge in [0.2, 0.25) is 0 Å². The van der Waals surface area contributed by atoms with Crippen LogP contribution in [0.1, 0.15) is 56.8 Å². The molecule has 1 saturated heterocycles. The number of nitrogens with zero attached hydrogens (tertiary/aromatic N) is 3. The molecule has 1 aromatic rings. The van der Waals surface area contributed by atoms with Crippen molar-refractivity contribution in [3.05, 3.63) is 33.9 Å². The zero-order valence-corrected chi connectivity index (χ0v) is 18.8. The minimum atomic E-state index is -0.462. The molecule has 0 spiro atoms. The minimum absolute atomic E-state index is 0.102. The van der Waals surface area contributed by atoms with Crippen molar-refractivity contribution in [3.8, 4) is 0 Å². The molecule has 1 N–H and O–H groups in total. The van der Waals surface area contributed by atoms with Crippen LogP contribution in [0.2, 0.25) is 0 Å². The Morgan fingerprint density at radius 2 is 1.90 bits per heavy atom. The Labute approximate surface area is 183 Å². The number of nitro groups is 1. The van der Waals surface area contributed by atoms with Crippen molar-refractivity contribution in [1.29, 1.82) is 0 Å². The third-order valence-electron chi connectivity index (χ3n) is 5.67. The van der Waals surface area contributed by atoms with Crippen molar-refractivity contribution in [3.63, 3.8) is 0 Å². The smallest absolute Gasteiger partial charge is 0.409 e. The molecule has 0 bridgehead atoms. The van der Waals surface area contributed by atoms with E-state index >= 15 is 0 Å². The van der Waals surface area contributed by atoms with Gasteiger partial charge in [-0.05, 0) is 51.2 Å². The predicted molar refractivity (Wildman–Crippen MR) is 119 cm³/mol. The number of benzene rings is 1. The van der Waals surface area contributed by atoms with Gasteiger partial charge >= 0.3 is 6.09 Å². The lowest BCUT2D eigenvalue weighted by molar-refractivity contribution is -0.384. The van der Waals surface area contributed by atoms with Gasteiger partial charge in [-0.3, -0.25) is 14.9 Å². The topological polar surface area (TPSA) is 105 Å². The molecule has 0 radical (unpaired) electrons. The van der Waals surface area contributed by atoms with E-state index in [1.54, 1.807) is 21.9 Å². The maximum absolute atomic E-state index is 12.5. The highest BCUT2D eigenvalue weighted by molar-refractivity contribution is 5.95. The molecule has 0 saturated carbocycles. The Balaban J connectivity index is 1.93. The van der Waals surface area contributed by atoms with Crippen LogP contribution in [0, 0.1) is 16.0 Å². The number of nitrogens with one attached hydrogen (secondary N) is 1. The summed E-state index contributed by atoms with van der Waals surface area (Å²) in [5.41, 5.74) is 0.619. The summed E-state index contributed by atoms with van der Waals surface area (Å²) in [4.78, 5) is 39.0. The molecule has 0 aliphatic carbocycles. The van der Waals surface area contributed by atoms with Crippen LogP contribution in [-0.2, 0) is 4.74 Å². The largest absolute Gasteiger partial charge is 0.449 e. The number of unbranched alkanes of at least 4 members (excludes halogenated alkanes) is 1. The van der Waals surface area contributed by atoms with Gasteiger partial charge in [0.15, 0.2) is 0 Å². The lowest BCUT2D eigenvalue weighted by Crippen LogP contribution is -2.40. The maximum atomic E-state index is 12.5. The van der Waals surface area contributed by atoms with E-state index in [4.69, 9.17) is 4.74 Å². The van der Waals surface area contributed by atoms with Gasteiger partial charge in [0.25, 0.3) is 11.6 Å². The molecule has 2 amide bonds. The highest BCUT2D eigenvalue weighted by Crippen LogP contribution is 2.27. The zero-order valence-electron chi connectivity index (χ0n) is 18.8. The summed E-state index contributed by atoms with van der Waals surface area (Å²) < 4.78 is 5.26. The minimum Gasteiger partial charge on any atom is -0.449 e. The van der Waals surface area contributed by atoms with Gasteiger partial charge in [-0.1, -0.05) is 13.3 Å². The lowest BCUT2D eigenvalue weighted by atomic mass is 9.97. The zero-order chi connectivity index (χ0) is 22.8. The van der Waals surface area contributed by atoms with Gasteiger partial charge in [-0.2, -0.15) is 0 Å². The molecule has 0 unspecified atom stereocenters. The second kappa shape index (κ2) is 12.1. The first-order valence-electron chi connectivity index (χ1n) is 11.1. The molecule has 1 aliphatic heterocycles. The van der Waals surface area contributed by atoms with Crippen molar-refractivity contribution in [2.75, 3.05) is 44.6 Å². The van der Waals surface area contributed by atoms with Crippen LogP contribution in [-0.4, -0.2) is 66.1 Å². The van der Waals surface area contributed by atoms with E-state index in [-0.39, 0.29) is 17.7 Å². The van der Waals surface area contributed by atoms with Crippen LogP contribution in [0.5, 0.6) is 0 Å². The average molecular weight is 435 g/mol. The molecule has 1 fully saturated rings. The Bertz CT molecular complexity index is 758. The summed E-state index contributed by atoms with van der Waals surface area (Å²) >= 11 is 0. The average Bonchev–Trinajstić information content (AvgIpc) is 2.78. The number of rotatable bonds is 10. The monoisotopic (exact) mass is 434 g/mol. The van der Waals surface area contributed by atoms with Gasteiger partial charge in [0.1, 0.15) is 5.69 Å². The Kier molecular flexibility index (Phi) is 9.55. The van der Waals surface area contributed by atoms with Crippen LogP contribution in [0.15, 0.2) is 18.2 Å². The predicted octanol–water partition coefficient (Wildman–Crippen LogP) is 4.14. The molecule has 2 rings (SSSR count). The number of hydrogen-bond acceptors (Lipinski definition) is 6. The van der Waals surface area contributed by atoms with Gasteiger partial charge in [0.05, 0.1) is 11.5 Å². The van der Waals surface area contributed by atoms with Crippen molar-refractivity contribution in [2.45, 2.75) is 46.5 Å². The van der Waals surface area contributed by atoms with Crippen molar-refractivity contribution in [1.82, 2.24) is 9.80 Å². The number of piperidine rings is 1. The highest BCUT2D eigenvalue weighted by Gasteiger charge is 2.25. The Morgan fingerprint density at radius 3 is 2.48 bits per heavy atom. The van der Waals surface area contributed by atoms with Gasteiger partial charge in [0, 0.05) is 44.4 Å². The fraction of sp³-hybridized carbons (Fsp3) is 0.636. The number of likely N-dealkylation sites (tertiary alicyclic amines) is 1. The molecule has 1 aliphatic rings. The summed E-state index contributed by atoms with van der Waals surface area (Å²) in [6.07, 6.45) is 3.20. The second-order valence-corrected chi connectivity index (χ2v) is 7.75. The van der Waals surface area contributed by atoms with Gasteiger partial charge in [-0.25, -0.2) is 4.79 Å². The van der Waals surface area contributed by atoms with E-state index in [0.29, 0.717) is 56.5 Å². The van der Waals surface area contributed by atoms with Crippen LogP contribution in [0.25, 0.3) is 0 Å². The van der Waals surface area contributed by atoms with Crippen molar-refractivity contribution in [2.24, 2.45) is 5.92 Å². The SMILES string of the molecule is CCCCOC(=O)N1CCC(CNc2ccc(C(=O)N(CC)CC)cc2[N+](=O)[O-])CC1. The number of carbonyl (C=O) groups excluding carboxylic acids is 2. The van der Waals surface area contributed by atoms with Gasteiger partial charge in [-0.15, -0.1) is 0 Å². The van der Waals surface area contributed by atoms with Crippen molar-refractivity contribution < 1.29 is 19.2 Å². The van der Waals surface area contributed by atoms with E-state index < -0.39 is 4.92 Å². The number of ether oxygens (including phenoxy) is 1. The molecule has 0 atom stereocenters. The number of anilines is 1. The molecule has 31 heavy (non-hydrogen) atoms. The van der Waals surface area contributed by atoms with Gasteiger partial charge < -0.3 is 19.9 Å². The first-order valence-corrected chi connectivity index (χ1v) is 11.1. The summed E-state index contributed by atoms with van der Waals surface area (Å²) in [5.74, 6) is 0.0918. The van der Waals surface area contributed by atoms with E-state index in [9.17, 15) is 19.7 Å². The standard InChI is InChI=1S/C22H34N4O5/c1-4-7-14-31-22(28)25-12-10-17(11-13-25)16-23-19-9-8-18(15-20(19)26(29)30)21(27)24(5-2)6-3/h8-9,15,17,23H,4-7,10-14,16H2,1-3H3. The number of nitro benzene ring substituents is 1. The third kappa shape index (κ3) is 6.83. The van der Waals surface area contributed by atoms with Crippen LogP contribution < -0.4 is 5.32 Å². The summed E-state index contributed by atoms with van der Waals surface area (Å²) in [7, 11) is 0. The highest BCUT2D eigenvalue weighted by atomic mass is 16.6. The number of carbonyl (C=O) groups is 2. The normalized spacial score (nSPS) is 14.2. The van der Waals surface area contributed by atoms with E-state index in [0.717, 1.165) is 25.7 Å². The number of amides is 2. The van der Waals surface area contributed by atoms with Crippen LogP contribution in [0.3, 0.4) is 0 Å². The Morgan fingerprint density at radius 1 is 1.23 bits per heavy atom. The van der Waals surface area contributed by atoms with E-state index in [1.165, 1.54) is 6.07 Å². The van der Waals surface area contributed by atoms with Crippen LogP contribution in [0.4, 0.5) is 16.2 Å². The Hall–Kier alpha value is -2.84. The van der Waals surface area contributed by atoms with E-state index in [1.807, 2.05) is 20.8 Å². The second-order valence-electron chi connectivity index (χ2n) is 7.75. The quantitative estimate of drug-likeness (QED) is 0.337. The molecular formula is C22H34N4O5. The lowest BCUT2D eigenvalue weighted by Gasteiger charge is -2.31. The first-order chi connectivity index (χ1) is 14.9. The maximum Gasteiger partial charge on any atom is 0.409 e. The first kappa shape index (κ1) is 24.4. The molecule has 172 valence electrons. The fourth-order valence-corrected chi connectivity index (χ4v) is 3.63. The molecular weight excluding hydrogens is 400 g/mol. The third-order valence-corrected chi connectivity index (χ3v) is 5.67. The fourth-order valence-electron chi connectivity index (χ4n) is 3.63. The molecule has 1 heterocycles. The van der Waals surface area contributed by atoms with E-state index in [2.05, 4.69) is 5.32 Å². The molecule has 9 heteroatoms. The summed E-state index contributed by atoms with van der Waals surface area (Å²) in [6.45, 7) is 9.17. The van der Waals surface area contributed by atoms with Crippen LogP contribution >= 0.6 is 0 Å².